The van der Waals surface area contributed by atoms with Gasteiger partial charge < -0.3 is 9.47 Å². The summed E-state index contributed by atoms with van der Waals surface area (Å²) in [6.45, 7) is 1.86. The number of aryl methyl sites for hydroxylation is 1. The van der Waals surface area contributed by atoms with Crippen molar-refractivity contribution < 1.29 is 22.3 Å². The molecule has 0 saturated carbocycles. The third kappa shape index (κ3) is 4.07. The number of ether oxygens (including phenoxy) is 2. The molecule has 0 bridgehead atoms. The smallest absolute Gasteiger partial charge is 0.261 e. The van der Waals surface area contributed by atoms with Crippen LogP contribution in [0.2, 0.25) is 0 Å². The number of sulfonamides is 1. The van der Waals surface area contributed by atoms with Crippen LogP contribution in [-0.4, -0.2) is 22.6 Å². The zero-order valence-corrected chi connectivity index (χ0v) is 13.9. The summed E-state index contributed by atoms with van der Waals surface area (Å²) in [5.41, 5.74) is 1.26. The van der Waals surface area contributed by atoms with Crippen molar-refractivity contribution in [2.24, 2.45) is 0 Å². The number of methoxy groups -OCH3 is 2. The molecule has 0 aliphatic heterocycles. The molecule has 0 spiro atoms. The van der Waals surface area contributed by atoms with Crippen LogP contribution in [0.1, 0.15) is 17.4 Å². The molecule has 5 nitrogen and oxygen atoms in total. The van der Waals surface area contributed by atoms with Crippen LogP contribution in [0.25, 0.3) is 0 Å². The van der Waals surface area contributed by atoms with E-state index >= 15 is 0 Å². The molecule has 2 aromatic rings. The van der Waals surface area contributed by atoms with Crippen LogP contribution < -0.4 is 4.72 Å². The highest BCUT2D eigenvalue weighted by atomic mass is 32.2. The van der Waals surface area contributed by atoms with Crippen molar-refractivity contribution in [1.29, 1.82) is 0 Å². The fraction of sp³-hybridized carbons (Fsp3) is 0.250. The molecule has 0 aromatic heterocycles. The lowest BCUT2D eigenvalue weighted by atomic mass is 10.2. The van der Waals surface area contributed by atoms with Gasteiger partial charge in [-0.1, -0.05) is 17.7 Å². The summed E-state index contributed by atoms with van der Waals surface area (Å²) in [5.74, 6) is -0.622. The first kappa shape index (κ1) is 17.4. The van der Waals surface area contributed by atoms with Crippen molar-refractivity contribution in [1.82, 2.24) is 0 Å². The fourth-order valence-corrected chi connectivity index (χ4v) is 3.11. The lowest BCUT2D eigenvalue weighted by molar-refractivity contribution is -0.107. The minimum atomic E-state index is -3.77. The molecule has 0 aliphatic rings. The molecule has 0 atom stereocenters. The predicted octanol–water partition coefficient (Wildman–Crippen LogP) is 3.23. The van der Waals surface area contributed by atoms with Crippen molar-refractivity contribution in [3.8, 4) is 0 Å². The lowest BCUT2D eigenvalue weighted by Gasteiger charge is -2.15. The first-order valence-electron chi connectivity index (χ1n) is 6.82. The number of hydrogen-bond donors (Lipinski definition) is 1. The van der Waals surface area contributed by atoms with Crippen LogP contribution >= 0.6 is 0 Å². The second-order valence-electron chi connectivity index (χ2n) is 4.96. The van der Waals surface area contributed by atoms with Gasteiger partial charge in [0, 0.05) is 19.8 Å². The zero-order valence-electron chi connectivity index (χ0n) is 13.0. The largest absolute Gasteiger partial charge is 0.352 e. The molecule has 0 unspecified atom stereocenters. The van der Waals surface area contributed by atoms with Crippen molar-refractivity contribution in [2.75, 3.05) is 18.9 Å². The van der Waals surface area contributed by atoms with Crippen LogP contribution in [0.3, 0.4) is 0 Å². The second kappa shape index (κ2) is 7.08. The number of benzene rings is 2. The van der Waals surface area contributed by atoms with E-state index in [4.69, 9.17) is 9.47 Å². The first-order valence-corrected chi connectivity index (χ1v) is 8.30. The minimum absolute atomic E-state index is 0.110. The van der Waals surface area contributed by atoms with Gasteiger partial charge in [0.1, 0.15) is 5.82 Å². The van der Waals surface area contributed by atoms with E-state index in [1.807, 2.05) is 6.92 Å². The van der Waals surface area contributed by atoms with E-state index < -0.39 is 22.1 Å². The number of hydrogen-bond acceptors (Lipinski definition) is 4. The standard InChI is InChI=1S/C16H18FNO4S/c1-11-4-7-13(8-5-11)23(19,20)18-12-6-9-14(15(17)10-12)16(21-2)22-3/h4-10,16,18H,1-3H3. The molecule has 124 valence electrons. The predicted molar refractivity (Wildman–Crippen MR) is 85.1 cm³/mol. The Kier molecular flexibility index (Phi) is 5.35. The average Bonchev–Trinajstić information content (AvgIpc) is 2.50. The highest BCUT2D eigenvalue weighted by Crippen LogP contribution is 2.25. The first-order chi connectivity index (χ1) is 10.9. The average molecular weight is 339 g/mol. The van der Waals surface area contributed by atoms with Crippen molar-refractivity contribution in [3.63, 3.8) is 0 Å². The van der Waals surface area contributed by atoms with Crippen LogP contribution in [0, 0.1) is 12.7 Å². The van der Waals surface area contributed by atoms with Gasteiger partial charge in [0.25, 0.3) is 10.0 Å². The molecule has 23 heavy (non-hydrogen) atoms. The highest BCUT2D eigenvalue weighted by Gasteiger charge is 2.18. The molecule has 2 aromatic carbocycles. The van der Waals surface area contributed by atoms with Gasteiger partial charge in [-0.15, -0.1) is 0 Å². The Morgan fingerprint density at radius 1 is 1.04 bits per heavy atom. The Morgan fingerprint density at radius 2 is 1.65 bits per heavy atom. The SMILES string of the molecule is COC(OC)c1ccc(NS(=O)(=O)c2ccc(C)cc2)cc1F. The summed E-state index contributed by atoms with van der Waals surface area (Å²) in [7, 11) is -0.989. The molecule has 0 saturated heterocycles. The van der Waals surface area contributed by atoms with Gasteiger partial charge in [-0.25, -0.2) is 12.8 Å². The Hall–Kier alpha value is -1.96. The number of nitrogens with one attached hydrogen (secondary N) is 1. The van der Waals surface area contributed by atoms with E-state index in [9.17, 15) is 12.8 Å². The Bertz CT molecular complexity index is 771. The molecule has 1 N–H and O–H groups in total. The summed E-state index contributed by atoms with van der Waals surface area (Å²) in [4.78, 5) is 0.110. The Labute approximate surface area is 135 Å². The maximum absolute atomic E-state index is 14.1. The minimum Gasteiger partial charge on any atom is -0.352 e. The van der Waals surface area contributed by atoms with Gasteiger partial charge in [0.05, 0.1) is 10.6 Å². The van der Waals surface area contributed by atoms with Gasteiger partial charge in [-0.05, 0) is 37.3 Å². The molecule has 0 fully saturated rings. The fourth-order valence-electron chi connectivity index (χ4n) is 2.06. The van der Waals surface area contributed by atoms with Crippen molar-refractivity contribution in [3.05, 3.63) is 59.4 Å². The molecule has 7 heteroatoms. The van der Waals surface area contributed by atoms with Gasteiger partial charge in [0.2, 0.25) is 0 Å². The maximum atomic E-state index is 14.1. The van der Waals surface area contributed by atoms with Crippen LogP contribution in [0.4, 0.5) is 10.1 Å². The lowest BCUT2D eigenvalue weighted by Crippen LogP contribution is -2.13. The molecule has 0 amide bonds. The van der Waals surface area contributed by atoms with E-state index in [-0.39, 0.29) is 16.1 Å². The Balaban J connectivity index is 2.26. The van der Waals surface area contributed by atoms with E-state index in [1.165, 1.54) is 38.5 Å². The van der Waals surface area contributed by atoms with E-state index in [0.717, 1.165) is 11.6 Å². The quantitative estimate of drug-likeness (QED) is 0.821. The monoisotopic (exact) mass is 339 g/mol. The Morgan fingerprint density at radius 3 is 2.17 bits per heavy atom. The maximum Gasteiger partial charge on any atom is 0.261 e. The number of rotatable bonds is 6. The third-order valence-electron chi connectivity index (χ3n) is 3.27. The van der Waals surface area contributed by atoms with Gasteiger partial charge in [-0.3, -0.25) is 4.72 Å². The van der Waals surface area contributed by atoms with Crippen molar-refractivity contribution >= 4 is 15.7 Å². The molecule has 0 aliphatic carbocycles. The summed E-state index contributed by atoms with van der Waals surface area (Å²) in [6, 6.07) is 10.3. The number of halogens is 1. The van der Waals surface area contributed by atoms with Crippen LogP contribution in [-0.2, 0) is 19.5 Å². The summed E-state index contributed by atoms with van der Waals surface area (Å²) in [6.07, 6.45) is -0.849. The zero-order chi connectivity index (χ0) is 17.0. The molecule has 0 radical (unpaired) electrons. The molecule has 2 rings (SSSR count). The normalized spacial score (nSPS) is 11.7. The molecular formula is C16H18FNO4S. The highest BCUT2D eigenvalue weighted by molar-refractivity contribution is 7.92. The van der Waals surface area contributed by atoms with Gasteiger partial charge in [0.15, 0.2) is 6.29 Å². The number of anilines is 1. The van der Waals surface area contributed by atoms with E-state index in [1.54, 1.807) is 12.1 Å². The molecule has 0 heterocycles. The van der Waals surface area contributed by atoms with Gasteiger partial charge >= 0.3 is 0 Å². The van der Waals surface area contributed by atoms with E-state index in [2.05, 4.69) is 4.72 Å². The van der Waals surface area contributed by atoms with Crippen LogP contribution in [0.5, 0.6) is 0 Å². The summed E-state index contributed by atoms with van der Waals surface area (Å²) >= 11 is 0. The topological polar surface area (TPSA) is 64.6 Å². The second-order valence-corrected chi connectivity index (χ2v) is 6.64. The molecular weight excluding hydrogens is 321 g/mol. The third-order valence-corrected chi connectivity index (χ3v) is 4.66. The summed E-state index contributed by atoms with van der Waals surface area (Å²) < 4.78 is 51.0. The van der Waals surface area contributed by atoms with Crippen LogP contribution in [0.15, 0.2) is 47.4 Å². The summed E-state index contributed by atoms with van der Waals surface area (Å²) in [5, 5.41) is 0. The van der Waals surface area contributed by atoms with Gasteiger partial charge in [-0.2, -0.15) is 0 Å². The van der Waals surface area contributed by atoms with Crippen molar-refractivity contribution in [2.45, 2.75) is 18.1 Å². The van der Waals surface area contributed by atoms with E-state index in [0.29, 0.717) is 0 Å².